The molecule has 0 saturated heterocycles. The van der Waals surface area contributed by atoms with Gasteiger partial charge in [-0.05, 0) is 38.1 Å². The molecule has 1 heterocycles. The minimum Gasteiger partial charge on any atom is -0.325 e. The molecule has 2 N–H and O–H groups in total. The first kappa shape index (κ1) is 20.8. The summed E-state index contributed by atoms with van der Waals surface area (Å²) in [7, 11) is -3.98. The predicted octanol–water partition coefficient (Wildman–Crippen LogP) is 3.03. The number of carbonyl (C=O) groups excluding carboxylic acids is 1. The molecule has 0 aliphatic rings. The molecule has 7 nitrogen and oxygen atoms in total. The summed E-state index contributed by atoms with van der Waals surface area (Å²) in [5, 5.41) is 2.37. The van der Waals surface area contributed by atoms with Gasteiger partial charge in [-0.15, -0.1) is 0 Å². The number of aromatic amines is 1. The monoisotopic (exact) mass is 429 g/mol. The Balaban J connectivity index is 1.76. The fraction of sp³-hybridized carbons (Fsp3) is 0.150. The molecule has 150 valence electrons. The highest BCUT2D eigenvalue weighted by molar-refractivity contribution is 8.00. The number of aromatic nitrogens is 2. The van der Waals surface area contributed by atoms with E-state index < -0.39 is 25.5 Å². The number of H-pyrrole nitrogens is 1. The average Bonchev–Trinajstić information content (AvgIpc) is 2.69. The van der Waals surface area contributed by atoms with Crippen molar-refractivity contribution in [3.8, 4) is 0 Å². The number of benzene rings is 2. The fourth-order valence-corrected chi connectivity index (χ4v) is 4.45. The van der Waals surface area contributed by atoms with E-state index in [1.54, 1.807) is 43.3 Å². The fourth-order valence-electron chi connectivity index (χ4n) is 2.45. The highest BCUT2D eigenvalue weighted by Gasteiger charge is 2.23. The van der Waals surface area contributed by atoms with E-state index in [-0.39, 0.29) is 16.0 Å². The second-order valence-electron chi connectivity index (χ2n) is 6.31. The molecule has 0 aliphatic heterocycles. The van der Waals surface area contributed by atoms with Crippen LogP contribution in [0.15, 0.2) is 80.5 Å². The van der Waals surface area contributed by atoms with Crippen LogP contribution >= 0.6 is 11.8 Å². The topological polar surface area (TPSA) is 109 Å². The number of aryl methyl sites for hydroxylation is 1. The lowest BCUT2D eigenvalue weighted by molar-refractivity contribution is -0.115. The molecular formula is C20H19N3O4S2. The van der Waals surface area contributed by atoms with Crippen LogP contribution < -0.4 is 10.9 Å². The molecule has 0 fully saturated rings. The number of hydrogen-bond donors (Lipinski definition) is 2. The number of amides is 1. The van der Waals surface area contributed by atoms with Crippen molar-refractivity contribution in [2.45, 2.75) is 34.0 Å². The number of para-hydroxylation sites is 1. The molecule has 1 amide bonds. The van der Waals surface area contributed by atoms with Crippen LogP contribution in [-0.4, -0.2) is 29.5 Å². The zero-order chi connectivity index (χ0) is 21.0. The van der Waals surface area contributed by atoms with Gasteiger partial charge in [-0.1, -0.05) is 47.7 Å². The van der Waals surface area contributed by atoms with E-state index in [0.29, 0.717) is 5.69 Å². The minimum atomic E-state index is -3.98. The van der Waals surface area contributed by atoms with Crippen LogP contribution in [0.2, 0.25) is 0 Å². The third-order valence-corrected chi connectivity index (χ3v) is 6.82. The van der Waals surface area contributed by atoms with E-state index >= 15 is 0 Å². The largest absolute Gasteiger partial charge is 0.325 e. The van der Waals surface area contributed by atoms with Crippen molar-refractivity contribution < 1.29 is 13.2 Å². The van der Waals surface area contributed by atoms with Crippen LogP contribution in [-0.2, 0) is 14.6 Å². The molecule has 0 aliphatic carbocycles. The number of sulfone groups is 1. The van der Waals surface area contributed by atoms with E-state index in [1.165, 1.54) is 12.1 Å². The smallest absolute Gasteiger partial charge is 0.270 e. The van der Waals surface area contributed by atoms with Crippen LogP contribution in [0.1, 0.15) is 12.5 Å². The van der Waals surface area contributed by atoms with E-state index in [2.05, 4.69) is 15.3 Å². The molecule has 9 heteroatoms. The second kappa shape index (κ2) is 8.62. The summed E-state index contributed by atoms with van der Waals surface area (Å²) in [6.07, 6.45) is 1.03. The third-order valence-electron chi connectivity index (χ3n) is 4.06. The van der Waals surface area contributed by atoms with E-state index in [4.69, 9.17) is 0 Å². The number of carbonyl (C=O) groups is 1. The van der Waals surface area contributed by atoms with Gasteiger partial charge in [0.25, 0.3) is 5.56 Å². The van der Waals surface area contributed by atoms with Gasteiger partial charge in [-0.3, -0.25) is 9.59 Å². The number of nitrogens with one attached hydrogen (secondary N) is 2. The van der Waals surface area contributed by atoms with Crippen LogP contribution in [0, 0.1) is 6.92 Å². The predicted molar refractivity (Wildman–Crippen MR) is 112 cm³/mol. The maximum Gasteiger partial charge on any atom is 0.270 e. The van der Waals surface area contributed by atoms with Crippen LogP contribution in [0.25, 0.3) is 0 Å². The van der Waals surface area contributed by atoms with Crippen LogP contribution in [0.4, 0.5) is 5.69 Å². The van der Waals surface area contributed by atoms with Crippen LogP contribution in [0.5, 0.6) is 0 Å². The third kappa shape index (κ3) is 4.93. The van der Waals surface area contributed by atoms with Crippen molar-refractivity contribution >= 4 is 33.2 Å². The first-order chi connectivity index (χ1) is 13.8. The molecule has 2 aromatic carbocycles. The molecule has 29 heavy (non-hydrogen) atoms. The van der Waals surface area contributed by atoms with Crippen molar-refractivity contribution in [3.63, 3.8) is 0 Å². The van der Waals surface area contributed by atoms with E-state index in [9.17, 15) is 18.0 Å². The average molecular weight is 430 g/mol. The van der Waals surface area contributed by atoms with E-state index in [1.807, 2.05) is 13.0 Å². The Bertz CT molecular complexity index is 1170. The van der Waals surface area contributed by atoms with Gasteiger partial charge < -0.3 is 10.3 Å². The Morgan fingerprint density at radius 3 is 2.38 bits per heavy atom. The Morgan fingerprint density at radius 2 is 1.76 bits per heavy atom. The Hall–Kier alpha value is -2.91. The zero-order valence-electron chi connectivity index (χ0n) is 15.7. The van der Waals surface area contributed by atoms with Crippen molar-refractivity contribution in [1.82, 2.24) is 9.97 Å². The van der Waals surface area contributed by atoms with Crippen LogP contribution in [0.3, 0.4) is 0 Å². The summed E-state index contributed by atoms with van der Waals surface area (Å²) in [6.45, 7) is 3.51. The normalized spacial score (nSPS) is 12.3. The van der Waals surface area contributed by atoms with Crippen molar-refractivity contribution in [3.05, 3.63) is 76.7 Å². The van der Waals surface area contributed by atoms with Crippen molar-refractivity contribution in [2.75, 3.05) is 5.32 Å². The highest BCUT2D eigenvalue weighted by Crippen LogP contribution is 2.22. The number of anilines is 1. The molecular weight excluding hydrogens is 410 g/mol. The number of rotatable bonds is 6. The Kier molecular flexibility index (Phi) is 6.19. The number of thioether (sulfide) groups is 1. The van der Waals surface area contributed by atoms with Gasteiger partial charge in [0, 0.05) is 5.69 Å². The van der Waals surface area contributed by atoms with E-state index in [0.717, 1.165) is 23.5 Å². The molecule has 0 saturated carbocycles. The van der Waals surface area contributed by atoms with Gasteiger partial charge in [0.2, 0.25) is 15.7 Å². The first-order valence-corrected chi connectivity index (χ1v) is 11.1. The quantitative estimate of drug-likeness (QED) is 0.460. The summed E-state index contributed by atoms with van der Waals surface area (Å²) in [5.41, 5.74) is 0.787. The Morgan fingerprint density at radius 1 is 1.10 bits per heavy atom. The second-order valence-corrected chi connectivity index (χ2v) is 9.56. The number of hydrogen-bond acceptors (Lipinski definition) is 6. The molecule has 0 unspecified atom stereocenters. The summed E-state index contributed by atoms with van der Waals surface area (Å²) in [6, 6.07) is 15.2. The van der Waals surface area contributed by atoms with Gasteiger partial charge in [0.15, 0.2) is 10.1 Å². The molecule has 3 aromatic rings. The molecule has 3 rings (SSSR count). The molecule has 0 spiro atoms. The lowest BCUT2D eigenvalue weighted by Crippen LogP contribution is -2.24. The lowest BCUT2D eigenvalue weighted by atomic mass is 10.2. The standard InChI is InChI=1S/C20H19N3O4S2/c1-13-8-10-16(11-9-13)29(26,27)17-12-21-20(23-19(17)25)28-14(2)18(24)22-15-6-4-3-5-7-15/h3-12,14H,1-2H3,(H,22,24)(H,21,23,25)/t14-/m0/s1. The first-order valence-electron chi connectivity index (χ1n) is 8.71. The molecule has 0 radical (unpaired) electrons. The summed E-state index contributed by atoms with van der Waals surface area (Å²) in [4.78, 5) is 30.7. The minimum absolute atomic E-state index is 0.0198. The maximum atomic E-state index is 12.7. The molecule has 1 aromatic heterocycles. The van der Waals surface area contributed by atoms with Gasteiger partial charge in [-0.25, -0.2) is 13.4 Å². The Labute approximate surface area is 172 Å². The summed E-state index contributed by atoms with van der Waals surface area (Å²) in [5.74, 6) is -0.264. The van der Waals surface area contributed by atoms with Gasteiger partial charge in [-0.2, -0.15) is 0 Å². The molecule has 0 bridgehead atoms. The molecule has 1 atom stereocenters. The maximum absolute atomic E-state index is 12.7. The van der Waals surface area contributed by atoms with Gasteiger partial charge in [0.1, 0.15) is 0 Å². The van der Waals surface area contributed by atoms with Gasteiger partial charge >= 0.3 is 0 Å². The van der Waals surface area contributed by atoms with Crippen molar-refractivity contribution in [2.24, 2.45) is 0 Å². The highest BCUT2D eigenvalue weighted by atomic mass is 32.2. The number of nitrogens with zero attached hydrogens (tertiary/aromatic N) is 1. The zero-order valence-corrected chi connectivity index (χ0v) is 17.4. The summed E-state index contributed by atoms with van der Waals surface area (Å²) < 4.78 is 25.4. The summed E-state index contributed by atoms with van der Waals surface area (Å²) >= 11 is 1.03. The van der Waals surface area contributed by atoms with Gasteiger partial charge in [0.05, 0.1) is 16.3 Å². The van der Waals surface area contributed by atoms with Crippen molar-refractivity contribution in [1.29, 1.82) is 0 Å². The SMILES string of the molecule is Cc1ccc(S(=O)(=O)c2cnc(S[C@@H](C)C(=O)Nc3ccccc3)[nH]c2=O)cc1. The lowest BCUT2D eigenvalue weighted by Gasteiger charge is -2.11.